The first kappa shape index (κ1) is 13.1. The number of H-pyrrole nitrogens is 1. The lowest BCUT2D eigenvalue weighted by Crippen LogP contribution is -2.02. The fourth-order valence-electron chi connectivity index (χ4n) is 2.17. The molecule has 0 atom stereocenters. The Morgan fingerprint density at radius 2 is 2.20 bits per heavy atom. The van der Waals surface area contributed by atoms with Gasteiger partial charge in [0, 0.05) is 11.8 Å². The molecule has 0 aliphatic heterocycles. The summed E-state index contributed by atoms with van der Waals surface area (Å²) in [6.07, 6.45) is 1.62. The first-order valence-electron chi connectivity index (χ1n) is 6.05. The summed E-state index contributed by atoms with van der Waals surface area (Å²) in [6.45, 7) is 0.595. The molecular formula is C14H12ClN3OS. The molecule has 20 heavy (non-hydrogen) atoms. The molecule has 0 fully saturated rings. The molecule has 2 aromatic heterocycles. The summed E-state index contributed by atoms with van der Waals surface area (Å²) in [7, 11) is 1.66. The number of benzene rings is 1. The van der Waals surface area contributed by atoms with Crippen LogP contribution in [0, 0.1) is 4.77 Å². The third kappa shape index (κ3) is 2.30. The van der Waals surface area contributed by atoms with Crippen molar-refractivity contribution < 1.29 is 4.74 Å². The Morgan fingerprint density at radius 1 is 1.40 bits per heavy atom. The highest BCUT2D eigenvalue weighted by molar-refractivity contribution is 7.71. The lowest BCUT2D eigenvalue weighted by atomic mass is 10.2. The van der Waals surface area contributed by atoms with Gasteiger partial charge >= 0.3 is 0 Å². The van der Waals surface area contributed by atoms with Gasteiger partial charge in [0.15, 0.2) is 10.4 Å². The van der Waals surface area contributed by atoms with E-state index in [1.807, 2.05) is 34.9 Å². The van der Waals surface area contributed by atoms with Crippen molar-refractivity contribution in [3.63, 3.8) is 0 Å². The van der Waals surface area contributed by atoms with E-state index < -0.39 is 0 Å². The van der Waals surface area contributed by atoms with E-state index in [1.54, 1.807) is 13.3 Å². The normalized spacial score (nSPS) is 10.9. The van der Waals surface area contributed by atoms with E-state index in [9.17, 15) is 0 Å². The third-order valence-electron chi connectivity index (χ3n) is 3.10. The number of nitrogens with zero attached hydrogens (tertiary/aromatic N) is 2. The number of aromatic nitrogens is 3. The van der Waals surface area contributed by atoms with Gasteiger partial charge in [0.25, 0.3) is 0 Å². The zero-order chi connectivity index (χ0) is 14.1. The number of para-hydroxylation sites is 1. The fourth-order valence-corrected chi connectivity index (χ4v) is 2.59. The van der Waals surface area contributed by atoms with Crippen molar-refractivity contribution in [2.45, 2.75) is 6.54 Å². The predicted octanol–water partition coefficient (Wildman–Crippen LogP) is 3.80. The van der Waals surface area contributed by atoms with E-state index in [1.165, 1.54) is 0 Å². The van der Waals surface area contributed by atoms with Crippen molar-refractivity contribution in [2.75, 3.05) is 7.11 Å². The predicted molar refractivity (Wildman–Crippen MR) is 82.0 cm³/mol. The second-order valence-corrected chi connectivity index (χ2v) is 5.18. The lowest BCUT2D eigenvalue weighted by Gasteiger charge is -2.09. The standard InChI is InChI=1S/C14H12ClN3OS/c1-19-12-5-3-2-4-9(12)8-18-13-11(17-14(18)20)6-10(15)7-16-13/h2-7H,8H2,1H3,(H,17,20). The number of rotatable bonds is 3. The van der Waals surface area contributed by atoms with E-state index in [0.29, 0.717) is 16.3 Å². The molecule has 0 bridgehead atoms. The van der Waals surface area contributed by atoms with E-state index in [0.717, 1.165) is 22.5 Å². The Bertz CT molecular complexity index is 825. The molecule has 0 radical (unpaired) electrons. The van der Waals surface area contributed by atoms with Gasteiger partial charge in [0.2, 0.25) is 0 Å². The van der Waals surface area contributed by atoms with Crippen LogP contribution in [0.3, 0.4) is 0 Å². The molecule has 2 heterocycles. The Morgan fingerprint density at radius 3 is 3.00 bits per heavy atom. The smallest absolute Gasteiger partial charge is 0.179 e. The minimum atomic E-state index is 0.582. The Labute approximate surface area is 126 Å². The number of ether oxygens (including phenoxy) is 1. The van der Waals surface area contributed by atoms with Crippen LogP contribution in [0.15, 0.2) is 36.5 Å². The highest BCUT2D eigenvalue weighted by Gasteiger charge is 2.09. The van der Waals surface area contributed by atoms with Crippen molar-refractivity contribution in [1.29, 1.82) is 0 Å². The summed E-state index contributed by atoms with van der Waals surface area (Å²) in [4.78, 5) is 7.46. The van der Waals surface area contributed by atoms with E-state index in [2.05, 4.69) is 9.97 Å². The fraction of sp³-hybridized carbons (Fsp3) is 0.143. The van der Waals surface area contributed by atoms with Crippen molar-refractivity contribution in [3.8, 4) is 5.75 Å². The first-order valence-corrected chi connectivity index (χ1v) is 6.83. The van der Waals surface area contributed by atoms with Gasteiger partial charge in [-0.25, -0.2) is 4.98 Å². The summed E-state index contributed by atoms with van der Waals surface area (Å²) in [5.41, 5.74) is 2.66. The minimum absolute atomic E-state index is 0.582. The zero-order valence-corrected chi connectivity index (χ0v) is 12.3. The summed E-state index contributed by atoms with van der Waals surface area (Å²) < 4.78 is 7.91. The van der Waals surface area contributed by atoms with Crippen molar-refractivity contribution >= 4 is 35.0 Å². The number of halogens is 1. The quantitative estimate of drug-likeness (QED) is 0.748. The highest BCUT2D eigenvalue weighted by atomic mass is 35.5. The van der Waals surface area contributed by atoms with Crippen molar-refractivity contribution in [2.24, 2.45) is 0 Å². The number of imidazole rings is 1. The van der Waals surface area contributed by atoms with E-state index in [-0.39, 0.29) is 0 Å². The maximum atomic E-state index is 5.94. The molecule has 4 nitrogen and oxygen atoms in total. The Hall–Kier alpha value is -1.85. The molecule has 0 saturated carbocycles. The molecule has 6 heteroatoms. The molecule has 0 unspecified atom stereocenters. The van der Waals surface area contributed by atoms with Crippen LogP contribution in [0.1, 0.15) is 5.56 Å². The number of aromatic amines is 1. The largest absolute Gasteiger partial charge is 0.496 e. The van der Waals surface area contributed by atoms with Gasteiger partial charge in [-0.15, -0.1) is 0 Å². The molecule has 0 aliphatic rings. The van der Waals surface area contributed by atoms with Crippen LogP contribution in [0.5, 0.6) is 5.75 Å². The maximum absolute atomic E-state index is 5.94. The maximum Gasteiger partial charge on any atom is 0.179 e. The molecule has 0 amide bonds. The average molecular weight is 306 g/mol. The molecule has 1 N–H and O–H groups in total. The van der Waals surface area contributed by atoms with Gasteiger partial charge < -0.3 is 9.72 Å². The third-order valence-corrected chi connectivity index (χ3v) is 3.63. The molecule has 3 rings (SSSR count). The molecule has 0 saturated heterocycles. The number of hydrogen-bond donors (Lipinski definition) is 1. The van der Waals surface area contributed by atoms with Gasteiger partial charge in [-0.2, -0.15) is 0 Å². The van der Waals surface area contributed by atoms with Crippen LogP contribution in [0.25, 0.3) is 11.2 Å². The van der Waals surface area contributed by atoms with Crippen LogP contribution in [-0.2, 0) is 6.54 Å². The van der Waals surface area contributed by atoms with Gasteiger partial charge in [0.05, 0.1) is 24.2 Å². The highest BCUT2D eigenvalue weighted by Crippen LogP contribution is 2.22. The van der Waals surface area contributed by atoms with Crippen molar-refractivity contribution in [1.82, 2.24) is 14.5 Å². The van der Waals surface area contributed by atoms with Crippen LogP contribution >= 0.6 is 23.8 Å². The minimum Gasteiger partial charge on any atom is -0.496 e. The summed E-state index contributed by atoms with van der Waals surface area (Å²) in [5.74, 6) is 0.831. The Kier molecular flexibility index (Phi) is 3.46. The number of methoxy groups -OCH3 is 1. The average Bonchev–Trinajstić information content (AvgIpc) is 2.75. The zero-order valence-electron chi connectivity index (χ0n) is 10.8. The topological polar surface area (TPSA) is 42.8 Å². The molecular weight excluding hydrogens is 294 g/mol. The van der Waals surface area contributed by atoms with Crippen LogP contribution in [0.4, 0.5) is 0 Å². The lowest BCUT2D eigenvalue weighted by molar-refractivity contribution is 0.408. The number of hydrogen-bond acceptors (Lipinski definition) is 3. The van der Waals surface area contributed by atoms with E-state index >= 15 is 0 Å². The summed E-state index contributed by atoms with van der Waals surface area (Å²) in [5, 5.41) is 0.582. The Balaban J connectivity index is 2.11. The molecule has 3 aromatic rings. The first-order chi connectivity index (χ1) is 9.69. The summed E-state index contributed by atoms with van der Waals surface area (Å²) in [6, 6.07) is 9.67. The van der Waals surface area contributed by atoms with Gasteiger partial charge in [-0.05, 0) is 24.4 Å². The molecule has 1 aromatic carbocycles. The summed E-state index contributed by atoms with van der Waals surface area (Å²) >= 11 is 11.3. The van der Waals surface area contributed by atoms with Crippen LogP contribution in [0.2, 0.25) is 5.02 Å². The van der Waals surface area contributed by atoms with Crippen LogP contribution < -0.4 is 4.74 Å². The number of pyridine rings is 1. The van der Waals surface area contributed by atoms with Gasteiger partial charge in [0.1, 0.15) is 5.75 Å². The number of nitrogens with one attached hydrogen (secondary N) is 1. The molecule has 102 valence electrons. The monoisotopic (exact) mass is 305 g/mol. The second kappa shape index (κ2) is 5.26. The van der Waals surface area contributed by atoms with Gasteiger partial charge in [-0.1, -0.05) is 29.8 Å². The van der Waals surface area contributed by atoms with E-state index in [4.69, 9.17) is 28.6 Å². The molecule has 0 aliphatic carbocycles. The number of fused-ring (bicyclic) bond motifs is 1. The van der Waals surface area contributed by atoms with Gasteiger partial charge in [-0.3, -0.25) is 4.57 Å². The molecule has 0 spiro atoms. The SMILES string of the molecule is COc1ccccc1Cn1c(=S)[nH]c2cc(Cl)cnc21. The van der Waals surface area contributed by atoms with Crippen molar-refractivity contribution in [3.05, 3.63) is 51.9 Å². The van der Waals surface area contributed by atoms with Crippen LogP contribution in [-0.4, -0.2) is 21.6 Å². The second-order valence-electron chi connectivity index (χ2n) is 4.35.